The molecule has 1 N–H and O–H groups in total. The monoisotopic (exact) mass is 253 g/mol. The summed E-state index contributed by atoms with van der Waals surface area (Å²) in [5, 5.41) is 14.3. The number of nitro groups is 1. The molecule has 1 saturated carbocycles. The minimum absolute atomic E-state index is 0.0185. The van der Waals surface area contributed by atoms with Crippen molar-refractivity contribution in [3.8, 4) is 0 Å². The molecule has 0 bridgehead atoms. The largest absolute Gasteiger partial charge is 0.376 e. The number of halogens is 1. The number of nitrogens with zero attached hydrogens (tertiary/aromatic N) is 1. The molecule has 0 heterocycles. The number of rotatable bonds is 3. The average Bonchev–Trinajstić information content (AvgIpc) is 2.67. The van der Waals surface area contributed by atoms with Crippen LogP contribution in [-0.4, -0.2) is 4.92 Å². The summed E-state index contributed by atoms with van der Waals surface area (Å²) in [5.74, 6) is 0.543. The fourth-order valence-corrected chi connectivity index (χ4v) is 2.32. The van der Waals surface area contributed by atoms with E-state index < -0.39 is 4.92 Å². The molecule has 0 saturated heterocycles. The molecule has 1 aliphatic rings. The van der Waals surface area contributed by atoms with E-state index in [2.05, 4.69) is 12.2 Å². The maximum Gasteiger partial charge on any atom is 0.271 e. The molecule has 0 spiro atoms. The van der Waals surface area contributed by atoms with Crippen molar-refractivity contribution >= 4 is 23.0 Å². The second-order valence-electron chi connectivity index (χ2n) is 4.36. The zero-order valence-corrected chi connectivity index (χ0v) is 10.3. The molecule has 17 heavy (non-hydrogen) atoms. The highest BCUT2D eigenvalue weighted by Crippen LogP contribution is 2.36. The van der Waals surface area contributed by atoms with Crippen LogP contribution in [0.4, 0.5) is 11.4 Å². The third-order valence-corrected chi connectivity index (χ3v) is 3.45. The fraction of sp³-hybridized carbons (Fsp3) is 0.417. The van der Waals surface area contributed by atoms with E-state index >= 15 is 0 Å². The lowest BCUT2D eigenvalue weighted by Crippen LogP contribution is -2.12. The summed E-state index contributed by atoms with van der Waals surface area (Å²) in [5.41, 5.74) is 0.769. The Labute approximate surface area is 105 Å². The summed E-state index contributed by atoms with van der Waals surface area (Å²) in [6, 6.07) is 5.78. The van der Waals surface area contributed by atoms with E-state index in [-0.39, 0.29) is 5.69 Å². The van der Waals surface area contributed by atoms with Gasteiger partial charge in [-0.25, -0.2) is 0 Å². The quantitative estimate of drug-likeness (QED) is 0.654. The normalized spacial score (nSPS) is 20.5. The van der Waals surface area contributed by atoms with Gasteiger partial charge in [-0.15, -0.1) is 0 Å². The Morgan fingerprint density at radius 3 is 2.82 bits per heavy atom. The summed E-state index contributed by atoms with van der Waals surface area (Å²) in [6.07, 6.45) is 3.43. The van der Waals surface area contributed by atoms with Crippen LogP contribution in [0.3, 0.4) is 0 Å². The molecule has 2 rings (SSSR count). The third-order valence-electron chi connectivity index (χ3n) is 3.14. The topological polar surface area (TPSA) is 55.2 Å². The maximum absolute atomic E-state index is 10.6. The number of benzene rings is 1. The molecular weight excluding hydrogens is 240 g/mol. The molecule has 1 atom stereocenters. The minimum atomic E-state index is -0.443. The van der Waals surface area contributed by atoms with Crippen LogP contribution < -0.4 is 5.32 Å². The van der Waals surface area contributed by atoms with Gasteiger partial charge in [0.25, 0.3) is 5.69 Å². The SMILES string of the molecule is CC1CCC[C]1Nc1ccc([N+](=O)[O-])cc1Cl. The van der Waals surface area contributed by atoms with Gasteiger partial charge in [-0.05, 0) is 24.8 Å². The highest BCUT2D eigenvalue weighted by atomic mass is 35.5. The number of hydrogen-bond acceptors (Lipinski definition) is 3. The van der Waals surface area contributed by atoms with Gasteiger partial charge in [0.1, 0.15) is 0 Å². The summed E-state index contributed by atoms with van der Waals surface area (Å²) in [6.45, 7) is 2.18. The van der Waals surface area contributed by atoms with Crippen molar-refractivity contribution in [1.82, 2.24) is 0 Å². The van der Waals surface area contributed by atoms with E-state index in [1.807, 2.05) is 0 Å². The van der Waals surface area contributed by atoms with E-state index in [0.717, 1.165) is 12.1 Å². The lowest BCUT2D eigenvalue weighted by Gasteiger charge is -2.18. The molecular formula is C12H14ClN2O2. The highest BCUT2D eigenvalue weighted by Gasteiger charge is 2.24. The first-order chi connectivity index (χ1) is 8.08. The first-order valence-corrected chi connectivity index (χ1v) is 6.02. The van der Waals surface area contributed by atoms with Crippen LogP contribution in [0.2, 0.25) is 5.02 Å². The van der Waals surface area contributed by atoms with Gasteiger partial charge in [-0.2, -0.15) is 0 Å². The number of anilines is 1. The van der Waals surface area contributed by atoms with E-state index in [1.54, 1.807) is 6.07 Å². The summed E-state index contributed by atoms with van der Waals surface area (Å²) in [7, 11) is 0. The van der Waals surface area contributed by atoms with Gasteiger partial charge in [-0.3, -0.25) is 10.1 Å². The number of hydrogen-bond donors (Lipinski definition) is 1. The second kappa shape index (κ2) is 4.92. The van der Waals surface area contributed by atoms with Crippen molar-refractivity contribution in [3.63, 3.8) is 0 Å². The van der Waals surface area contributed by atoms with Crippen molar-refractivity contribution in [2.45, 2.75) is 26.2 Å². The fourth-order valence-electron chi connectivity index (χ4n) is 2.10. The third kappa shape index (κ3) is 2.69. The molecule has 5 heteroatoms. The minimum Gasteiger partial charge on any atom is -0.376 e. The predicted octanol–water partition coefficient (Wildman–Crippen LogP) is 4.01. The Kier molecular flexibility index (Phi) is 3.52. The van der Waals surface area contributed by atoms with Crippen LogP contribution in [-0.2, 0) is 0 Å². The number of nitro benzene ring substituents is 1. The molecule has 0 amide bonds. The molecule has 0 aliphatic heterocycles. The van der Waals surface area contributed by atoms with Gasteiger partial charge in [-0.1, -0.05) is 24.9 Å². The van der Waals surface area contributed by atoms with Crippen LogP contribution in [0.25, 0.3) is 0 Å². The van der Waals surface area contributed by atoms with Crippen molar-refractivity contribution in [1.29, 1.82) is 0 Å². The molecule has 1 fully saturated rings. The van der Waals surface area contributed by atoms with Crippen molar-refractivity contribution in [2.24, 2.45) is 5.92 Å². The Morgan fingerprint density at radius 1 is 1.53 bits per heavy atom. The Balaban J connectivity index is 2.14. The zero-order chi connectivity index (χ0) is 12.4. The van der Waals surface area contributed by atoms with Gasteiger partial charge in [0.05, 0.1) is 21.7 Å². The van der Waals surface area contributed by atoms with Crippen LogP contribution in [0, 0.1) is 22.1 Å². The molecule has 1 aliphatic carbocycles. The summed E-state index contributed by atoms with van der Waals surface area (Å²) < 4.78 is 0. The standard InChI is InChI=1S/C12H14ClN2O2/c1-8-3-2-4-11(8)14-12-6-5-9(15(16)17)7-10(12)13/h5-8,14H,2-4H2,1H3. The van der Waals surface area contributed by atoms with E-state index in [0.29, 0.717) is 10.9 Å². The molecule has 0 aromatic heterocycles. The smallest absolute Gasteiger partial charge is 0.271 e. The second-order valence-corrected chi connectivity index (χ2v) is 4.77. The Morgan fingerprint density at radius 2 is 2.29 bits per heavy atom. The van der Waals surface area contributed by atoms with Gasteiger partial charge in [0.15, 0.2) is 0 Å². The van der Waals surface area contributed by atoms with Crippen LogP contribution in [0.15, 0.2) is 18.2 Å². The first-order valence-electron chi connectivity index (χ1n) is 5.64. The zero-order valence-electron chi connectivity index (χ0n) is 9.57. The molecule has 1 radical (unpaired) electrons. The highest BCUT2D eigenvalue weighted by molar-refractivity contribution is 6.33. The number of non-ortho nitro benzene ring substituents is 1. The van der Waals surface area contributed by atoms with Crippen molar-refractivity contribution < 1.29 is 4.92 Å². The van der Waals surface area contributed by atoms with Crippen LogP contribution in [0.5, 0.6) is 0 Å². The Hall–Kier alpha value is -1.29. The lowest BCUT2D eigenvalue weighted by molar-refractivity contribution is -0.384. The molecule has 1 aromatic carbocycles. The van der Waals surface area contributed by atoms with Gasteiger partial charge >= 0.3 is 0 Å². The van der Waals surface area contributed by atoms with Gasteiger partial charge in [0, 0.05) is 12.1 Å². The van der Waals surface area contributed by atoms with Gasteiger partial charge < -0.3 is 5.32 Å². The molecule has 4 nitrogen and oxygen atoms in total. The van der Waals surface area contributed by atoms with Crippen LogP contribution in [0.1, 0.15) is 26.2 Å². The van der Waals surface area contributed by atoms with Crippen LogP contribution >= 0.6 is 11.6 Å². The Bertz CT molecular complexity index is 437. The summed E-state index contributed by atoms with van der Waals surface area (Å²) >= 11 is 6.02. The predicted molar refractivity (Wildman–Crippen MR) is 68.0 cm³/mol. The van der Waals surface area contributed by atoms with Crippen molar-refractivity contribution in [3.05, 3.63) is 39.4 Å². The lowest BCUT2D eigenvalue weighted by atomic mass is 10.1. The van der Waals surface area contributed by atoms with E-state index in [9.17, 15) is 10.1 Å². The number of nitrogens with one attached hydrogen (secondary N) is 1. The van der Waals surface area contributed by atoms with Gasteiger partial charge in [0.2, 0.25) is 0 Å². The molecule has 1 unspecified atom stereocenters. The van der Waals surface area contributed by atoms with E-state index in [4.69, 9.17) is 11.6 Å². The molecule has 1 aromatic rings. The molecule has 91 valence electrons. The first kappa shape index (κ1) is 12.2. The van der Waals surface area contributed by atoms with E-state index in [1.165, 1.54) is 31.0 Å². The average molecular weight is 254 g/mol. The van der Waals surface area contributed by atoms with Crippen molar-refractivity contribution in [2.75, 3.05) is 5.32 Å². The maximum atomic E-state index is 10.6. The summed E-state index contributed by atoms with van der Waals surface area (Å²) in [4.78, 5) is 10.1.